The second kappa shape index (κ2) is 9.95. The Balaban J connectivity index is 1.77. The van der Waals surface area contributed by atoms with Crippen LogP contribution in [0.2, 0.25) is 0 Å². The number of anilines is 2. The fourth-order valence-electron chi connectivity index (χ4n) is 3.44. The van der Waals surface area contributed by atoms with Crippen LogP contribution in [0.3, 0.4) is 0 Å². The number of methoxy groups -OCH3 is 2. The summed E-state index contributed by atoms with van der Waals surface area (Å²) in [6.07, 6.45) is -1.93. The molecule has 1 aliphatic heterocycles. The van der Waals surface area contributed by atoms with Crippen molar-refractivity contribution >= 4 is 23.4 Å². The summed E-state index contributed by atoms with van der Waals surface area (Å²) in [6, 6.07) is 9.05. The fraction of sp³-hybridized carbons (Fsp3) is 0.348. The van der Waals surface area contributed by atoms with Crippen molar-refractivity contribution in [2.45, 2.75) is 6.18 Å². The number of halogens is 3. The zero-order valence-corrected chi connectivity index (χ0v) is 18.2. The Morgan fingerprint density at radius 2 is 1.69 bits per heavy atom. The molecule has 0 aliphatic carbocycles. The zero-order valence-electron chi connectivity index (χ0n) is 18.2. The van der Waals surface area contributed by atoms with Crippen molar-refractivity contribution in [1.29, 1.82) is 0 Å². The van der Waals surface area contributed by atoms with E-state index in [1.165, 1.54) is 32.4 Å². The van der Waals surface area contributed by atoms with Gasteiger partial charge in [-0.15, -0.1) is 0 Å². The van der Waals surface area contributed by atoms with Gasteiger partial charge in [0.1, 0.15) is 0 Å². The number of alkyl halides is 3. The van der Waals surface area contributed by atoms with Crippen molar-refractivity contribution in [3.05, 3.63) is 53.6 Å². The second-order valence-electron chi connectivity index (χ2n) is 7.45. The monoisotopic (exact) mass is 449 g/mol. The van der Waals surface area contributed by atoms with Gasteiger partial charge in [-0.1, -0.05) is 6.07 Å². The van der Waals surface area contributed by atoms with E-state index in [4.69, 9.17) is 9.47 Å². The minimum Gasteiger partial charge on any atom is -0.493 e. The van der Waals surface area contributed by atoms with E-state index in [-0.39, 0.29) is 5.69 Å². The van der Waals surface area contributed by atoms with E-state index >= 15 is 0 Å². The molecular weight excluding hydrogens is 423 g/mol. The fourth-order valence-corrected chi connectivity index (χ4v) is 3.44. The number of nitrogens with one attached hydrogen (secondary N) is 1. The van der Waals surface area contributed by atoms with Gasteiger partial charge in [-0.05, 0) is 49.0 Å². The molecule has 9 heteroatoms. The number of benzene rings is 2. The van der Waals surface area contributed by atoms with Crippen LogP contribution in [-0.4, -0.2) is 58.3 Å². The molecule has 2 aromatic carbocycles. The first kappa shape index (κ1) is 23.5. The van der Waals surface area contributed by atoms with Crippen molar-refractivity contribution in [2.75, 3.05) is 57.7 Å². The van der Waals surface area contributed by atoms with E-state index in [0.29, 0.717) is 35.8 Å². The van der Waals surface area contributed by atoms with Crippen molar-refractivity contribution < 1.29 is 27.4 Å². The van der Waals surface area contributed by atoms with Gasteiger partial charge in [0.25, 0.3) is 0 Å². The van der Waals surface area contributed by atoms with Crippen LogP contribution in [0.25, 0.3) is 6.08 Å². The lowest BCUT2D eigenvalue weighted by Gasteiger charge is -2.34. The molecule has 1 heterocycles. The lowest BCUT2D eigenvalue weighted by Crippen LogP contribution is -2.44. The lowest BCUT2D eigenvalue weighted by atomic mass is 10.1. The molecule has 172 valence electrons. The number of rotatable bonds is 6. The Labute approximate surface area is 185 Å². The van der Waals surface area contributed by atoms with Crippen LogP contribution < -0.4 is 19.7 Å². The zero-order chi connectivity index (χ0) is 23.3. The number of hydrogen-bond acceptors (Lipinski definition) is 5. The van der Waals surface area contributed by atoms with E-state index in [1.54, 1.807) is 24.3 Å². The van der Waals surface area contributed by atoms with E-state index in [1.807, 2.05) is 11.9 Å². The highest BCUT2D eigenvalue weighted by atomic mass is 19.4. The number of likely N-dealkylation sites (N-methyl/N-ethyl adjacent to an activating group) is 1. The molecule has 0 radical (unpaired) electrons. The van der Waals surface area contributed by atoms with Gasteiger partial charge in [0, 0.05) is 37.9 Å². The average Bonchev–Trinajstić information content (AvgIpc) is 2.77. The number of amides is 1. The molecule has 6 nitrogen and oxygen atoms in total. The summed E-state index contributed by atoms with van der Waals surface area (Å²) in [4.78, 5) is 16.4. The van der Waals surface area contributed by atoms with Crippen molar-refractivity contribution in [3.63, 3.8) is 0 Å². The summed E-state index contributed by atoms with van der Waals surface area (Å²) < 4.78 is 51.4. The molecule has 0 bridgehead atoms. The number of hydrogen-bond donors (Lipinski definition) is 1. The number of carbonyl (C=O) groups excluding carboxylic acids is 1. The van der Waals surface area contributed by atoms with Crippen LogP contribution in [-0.2, 0) is 11.0 Å². The van der Waals surface area contributed by atoms with E-state index < -0.39 is 17.6 Å². The van der Waals surface area contributed by atoms with Crippen molar-refractivity contribution in [2.24, 2.45) is 0 Å². The van der Waals surface area contributed by atoms with E-state index in [2.05, 4.69) is 10.2 Å². The highest BCUT2D eigenvalue weighted by Gasteiger charge is 2.34. The Morgan fingerprint density at radius 3 is 2.31 bits per heavy atom. The van der Waals surface area contributed by atoms with Gasteiger partial charge in [-0.25, -0.2) is 0 Å². The predicted octanol–water partition coefficient (Wildman–Crippen LogP) is 4.13. The number of ether oxygens (including phenoxy) is 2. The molecule has 1 aliphatic rings. The summed E-state index contributed by atoms with van der Waals surface area (Å²) in [5.74, 6) is 0.343. The van der Waals surface area contributed by atoms with Crippen LogP contribution in [0.1, 0.15) is 11.1 Å². The smallest absolute Gasteiger partial charge is 0.418 e. The van der Waals surface area contributed by atoms with Crippen LogP contribution >= 0.6 is 0 Å². The topological polar surface area (TPSA) is 54.0 Å². The Hall–Kier alpha value is -3.20. The number of carbonyl (C=O) groups is 1. The molecule has 1 N–H and O–H groups in total. The molecule has 2 aromatic rings. The number of piperazine rings is 1. The Kier molecular flexibility index (Phi) is 7.29. The molecule has 3 rings (SSSR count). The van der Waals surface area contributed by atoms with Gasteiger partial charge in [0.05, 0.1) is 25.5 Å². The third kappa shape index (κ3) is 5.73. The summed E-state index contributed by atoms with van der Waals surface area (Å²) in [6.45, 7) is 2.85. The third-order valence-electron chi connectivity index (χ3n) is 5.27. The first-order valence-electron chi connectivity index (χ1n) is 10.1. The lowest BCUT2D eigenvalue weighted by molar-refractivity contribution is -0.136. The summed E-state index contributed by atoms with van der Waals surface area (Å²) >= 11 is 0. The summed E-state index contributed by atoms with van der Waals surface area (Å²) in [5.41, 5.74) is -0.0253. The van der Waals surface area contributed by atoms with Crippen molar-refractivity contribution in [3.8, 4) is 11.5 Å². The summed E-state index contributed by atoms with van der Waals surface area (Å²) in [7, 11) is 4.98. The highest BCUT2D eigenvalue weighted by Crippen LogP contribution is 2.37. The minimum atomic E-state index is -4.60. The van der Waals surface area contributed by atoms with Crippen LogP contribution in [0, 0.1) is 0 Å². The quantitative estimate of drug-likeness (QED) is 0.673. The minimum absolute atomic E-state index is 0.280. The maximum atomic E-state index is 13.7. The van der Waals surface area contributed by atoms with E-state index in [9.17, 15) is 18.0 Å². The molecule has 1 amide bonds. The Bertz CT molecular complexity index is 984. The van der Waals surface area contributed by atoms with Gasteiger partial charge in [0.2, 0.25) is 5.91 Å². The first-order chi connectivity index (χ1) is 15.2. The van der Waals surface area contributed by atoms with Gasteiger partial charge in [-0.2, -0.15) is 13.2 Å². The Morgan fingerprint density at radius 1 is 1.00 bits per heavy atom. The van der Waals surface area contributed by atoms with Gasteiger partial charge >= 0.3 is 6.18 Å². The van der Waals surface area contributed by atoms with E-state index in [0.717, 1.165) is 19.2 Å². The van der Waals surface area contributed by atoms with Gasteiger partial charge in [-0.3, -0.25) is 4.79 Å². The molecule has 0 spiro atoms. The molecule has 0 saturated carbocycles. The molecule has 32 heavy (non-hydrogen) atoms. The highest BCUT2D eigenvalue weighted by molar-refractivity contribution is 6.02. The molecule has 1 fully saturated rings. The molecule has 0 atom stereocenters. The normalized spacial score (nSPS) is 15.1. The largest absolute Gasteiger partial charge is 0.493 e. The maximum Gasteiger partial charge on any atom is 0.418 e. The van der Waals surface area contributed by atoms with Gasteiger partial charge in [0.15, 0.2) is 11.5 Å². The third-order valence-corrected chi connectivity index (χ3v) is 5.27. The molecule has 0 aromatic heterocycles. The molecule has 1 saturated heterocycles. The maximum absolute atomic E-state index is 13.7. The summed E-state index contributed by atoms with van der Waals surface area (Å²) in [5, 5.41) is 2.35. The standard InChI is InChI=1S/C23H26F3N3O3/c1-28-10-12-29(13-11-28)17-6-7-19(18(15-17)23(24,25)26)27-22(30)9-5-16-4-8-20(31-2)21(14-16)32-3/h4-9,14-15H,10-13H2,1-3H3,(H,27,30). The second-order valence-corrected chi connectivity index (χ2v) is 7.45. The first-order valence-corrected chi connectivity index (χ1v) is 10.1. The SMILES string of the molecule is COc1ccc(C=CC(=O)Nc2ccc(N3CCN(C)CC3)cc2C(F)(F)F)cc1OC. The predicted molar refractivity (Wildman–Crippen MR) is 118 cm³/mol. The molecular formula is C23H26F3N3O3. The number of nitrogens with zero attached hydrogens (tertiary/aromatic N) is 2. The molecule has 0 unspecified atom stereocenters. The van der Waals surface area contributed by atoms with Gasteiger partial charge < -0.3 is 24.6 Å². The van der Waals surface area contributed by atoms with Crippen molar-refractivity contribution in [1.82, 2.24) is 4.90 Å². The van der Waals surface area contributed by atoms with Crippen LogP contribution in [0.4, 0.5) is 24.5 Å². The van der Waals surface area contributed by atoms with Crippen LogP contribution in [0.5, 0.6) is 11.5 Å². The average molecular weight is 449 g/mol. The van der Waals surface area contributed by atoms with Crippen LogP contribution in [0.15, 0.2) is 42.5 Å².